The number of ether oxygens (including phenoxy) is 1. The van der Waals surface area contributed by atoms with Gasteiger partial charge in [0.1, 0.15) is 11.6 Å². The summed E-state index contributed by atoms with van der Waals surface area (Å²) in [7, 11) is 0. The predicted molar refractivity (Wildman–Crippen MR) is 107 cm³/mol. The van der Waals surface area contributed by atoms with Gasteiger partial charge >= 0.3 is 5.97 Å². The van der Waals surface area contributed by atoms with Gasteiger partial charge in [-0.05, 0) is 60.2 Å². The number of rotatable bonds is 5. The SMILES string of the molecule is O=C(N/N=C/c1ccc(OC(=O)c2ccccc2F)cc1)c1cccc(Br)c1. The van der Waals surface area contributed by atoms with Crippen LogP contribution in [0.4, 0.5) is 4.39 Å². The molecule has 0 saturated carbocycles. The molecule has 3 aromatic carbocycles. The number of hydrogen-bond donors (Lipinski definition) is 1. The Morgan fingerprint density at radius 2 is 1.75 bits per heavy atom. The van der Waals surface area contributed by atoms with Gasteiger partial charge in [0.25, 0.3) is 5.91 Å². The van der Waals surface area contributed by atoms with Crippen LogP contribution in [0.2, 0.25) is 0 Å². The summed E-state index contributed by atoms with van der Waals surface area (Å²) in [5.74, 6) is -1.49. The van der Waals surface area contributed by atoms with Crippen molar-refractivity contribution in [2.24, 2.45) is 5.10 Å². The average Bonchev–Trinajstić information content (AvgIpc) is 2.69. The maximum atomic E-state index is 13.6. The summed E-state index contributed by atoms with van der Waals surface area (Å²) in [6, 6.07) is 18.9. The van der Waals surface area contributed by atoms with E-state index < -0.39 is 11.8 Å². The molecule has 0 aliphatic carbocycles. The largest absolute Gasteiger partial charge is 0.423 e. The third-order valence-electron chi connectivity index (χ3n) is 3.65. The Morgan fingerprint density at radius 3 is 2.46 bits per heavy atom. The van der Waals surface area contributed by atoms with Gasteiger partial charge in [0.15, 0.2) is 0 Å². The Labute approximate surface area is 169 Å². The molecule has 0 heterocycles. The van der Waals surface area contributed by atoms with E-state index >= 15 is 0 Å². The van der Waals surface area contributed by atoms with Crippen molar-refractivity contribution in [1.82, 2.24) is 5.43 Å². The van der Waals surface area contributed by atoms with Crippen LogP contribution in [0, 0.1) is 5.82 Å². The molecule has 5 nitrogen and oxygen atoms in total. The van der Waals surface area contributed by atoms with E-state index in [0.717, 1.165) is 4.47 Å². The molecule has 7 heteroatoms. The lowest BCUT2D eigenvalue weighted by atomic mass is 10.2. The first-order valence-electron chi connectivity index (χ1n) is 8.19. The molecule has 0 saturated heterocycles. The second kappa shape index (κ2) is 9.05. The number of halogens is 2. The van der Waals surface area contributed by atoms with Crippen LogP contribution in [-0.2, 0) is 0 Å². The van der Waals surface area contributed by atoms with E-state index in [-0.39, 0.29) is 17.2 Å². The fourth-order valence-electron chi connectivity index (χ4n) is 2.27. The molecule has 3 aromatic rings. The molecule has 1 N–H and O–H groups in total. The number of benzene rings is 3. The minimum Gasteiger partial charge on any atom is -0.423 e. The molecule has 3 rings (SSSR count). The maximum Gasteiger partial charge on any atom is 0.346 e. The van der Waals surface area contributed by atoms with Crippen LogP contribution in [0.1, 0.15) is 26.3 Å². The predicted octanol–water partition coefficient (Wildman–Crippen LogP) is 4.57. The number of nitrogens with one attached hydrogen (secondary N) is 1. The number of hydrogen-bond acceptors (Lipinski definition) is 4. The summed E-state index contributed by atoms with van der Waals surface area (Å²) < 4.78 is 19.5. The smallest absolute Gasteiger partial charge is 0.346 e. The fraction of sp³-hybridized carbons (Fsp3) is 0. The Morgan fingerprint density at radius 1 is 1.00 bits per heavy atom. The normalized spacial score (nSPS) is 10.6. The molecule has 0 aliphatic rings. The first-order valence-corrected chi connectivity index (χ1v) is 8.98. The van der Waals surface area contributed by atoms with Crippen LogP contribution in [0.5, 0.6) is 5.75 Å². The lowest BCUT2D eigenvalue weighted by Gasteiger charge is -2.05. The molecule has 0 aromatic heterocycles. The lowest BCUT2D eigenvalue weighted by Crippen LogP contribution is -2.17. The van der Waals surface area contributed by atoms with Crippen LogP contribution >= 0.6 is 15.9 Å². The monoisotopic (exact) mass is 440 g/mol. The van der Waals surface area contributed by atoms with Crippen molar-refractivity contribution in [3.05, 3.63) is 99.8 Å². The van der Waals surface area contributed by atoms with Crippen molar-refractivity contribution in [1.29, 1.82) is 0 Å². The van der Waals surface area contributed by atoms with Gasteiger partial charge in [0.2, 0.25) is 0 Å². The molecule has 0 unspecified atom stereocenters. The molecule has 140 valence electrons. The zero-order chi connectivity index (χ0) is 19.9. The van der Waals surface area contributed by atoms with Crippen molar-refractivity contribution >= 4 is 34.0 Å². The molecule has 0 bridgehead atoms. The van der Waals surface area contributed by atoms with Crippen molar-refractivity contribution in [3.8, 4) is 5.75 Å². The van der Waals surface area contributed by atoms with E-state index in [1.54, 1.807) is 48.5 Å². The summed E-state index contributed by atoms with van der Waals surface area (Å²) in [5.41, 5.74) is 3.45. The van der Waals surface area contributed by atoms with Gasteiger partial charge < -0.3 is 4.74 Å². The number of carbonyl (C=O) groups excluding carboxylic acids is 2. The molecule has 1 amide bonds. The van der Waals surface area contributed by atoms with E-state index in [4.69, 9.17) is 4.74 Å². The Bertz CT molecular complexity index is 1040. The van der Waals surface area contributed by atoms with Crippen LogP contribution in [0.15, 0.2) is 82.4 Å². The summed E-state index contributed by atoms with van der Waals surface area (Å²) in [6.07, 6.45) is 1.46. The van der Waals surface area contributed by atoms with E-state index in [1.165, 1.54) is 24.4 Å². The highest BCUT2D eigenvalue weighted by molar-refractivity contribution is 9.10. The van der Waals surface area contributed by atoms with E-state index in [0.29, 0.717) is 11.1 Å². The van der Waals surface area contributed by atoms with Gasteiger partial charge in [0, 0.05) is 10.0 Å². The van der Waals surface area contributed by atoms with E-state index in [1.807, 2.05) is 6.07 Å². The Balaban J connectivity index is 1.58. The number of esters is 1. The summed E-state index contributed by atoms with van der Waals surface area (Å²) in [6.45, 7) is 0. The van der Waals surface area contributed by atoms with Crippen molar-refractivity contribution in [3.63, 3.8) is 0 Å². The summed E-state index contributed by atoms with van der Waals surface area (Å²) >= 11 is 3.30. The van der Waals surface area contributed by atoms with Crippen LogP contribution in [-0.4, -0.2) is 18.1 Å². The summed E-state index contributed by atoms with van der Waals surface area (Å²) in [4.78, 5) is 24.0. The van der Waals surface area contributed by atoms with E-state index in [9.17, 15) is 14.0 Å². The second-order valence-corrected chi connectivity index (χ2v) is 6.56. The van der Waals surface area contributed by atoms with Gasteiger partial charge in [-0.1, -0.05) is 34.1 Å². The van der Waals surface area contributed by atoms with Gasteiger partial charge in [-0.25, -0.2) is 14.6 Å². The molecule has 0 spiro atoms. The molecular formula is C21H14BrFN2O3. The highest BCUT2D eigenvalue weighted by Gasteiger charge is 2.13. The van der Waals surface area contributed by atoms with Crippen LogP contribution in [0.3, 0.4) is 0 Å². The van der Waals surface area contributed by atoms with Gasteiger partial charge in [-0.3, -0.25) is 4.79 Å². The molecule has 0 radical (unpaired) electrons. The minimum atomic E-state index is -0.777. The fourth-order valence-corrected chi connectivity index (χ4v) is 2.67. The Kier molecular flexibility index (Phi) is 6.29. The van der Waals surface area contributed by atoms with Crippen LogP contribution in [0.25, 0.3) is 0 Å². The standard InChI is InChI=1S/C21H14BrFN2O3/c22-16-5-3-4-15(12-16)20(26)25-24-13-14-8-10-17(11-9-14)28-21(27)18-6-1-2-7-19(18)23/h1-13H,(H,25,26)/b24-13+. The van der Waals surface area contributed by atoms with Crippen molar-refractivity contribution in [2.75, 3.05) is 0 Å². The quantitative estimate of drug-likeness (QED) is 0.273. The third-order valence-corrected chi connectivity index (χ3v) is 4.14. The number of carbonyl (C=O) groups is 2. The topological polar surface area (TPSA) is 67.8 Å². The Hall–Kier alpha value is -3.32. The van der Waals surface area contributed by atoms with Gasteiger partial charge in [0.05, 0.1) is 11.8 Å². The van der Waals surface area contributed by atoms with Crippen molar-refractivity contribution < 1.29 is 18.7 Å². The van der Waals surface area contributed by atoms with Crippen molar-refractivity contribution in [2.45, 2.75) is 0 Å². The molecule has 0 aliphatic heterocycles. The van der Waals surface area contributed by atoms with E-state index in [2.05, 4.69) is 26.5 Å². The lowest BCUT2D eigenvalue weighted by molar-refractivity contribution is 0.0729. The first kappa shape index (κ1) is 19.4. The molecule has 0 fully saturated rings. The number of hydrazone groups is 1. The molecule has 0 atom stereocenters. The first-order chi connectivity index (χ1) is 13.5. The zero-order valence-corrected chi connectivity index (χ0v) is 16.0. The number of amides is 1. The average molecular weight is 441 g/mol. The van der Waals surface area contributed by atoms with Gasteiger partial charge in [-0.2, -0.15) is 5.10 Å². The summed E-state index contributed by atoms with van der Waals surface area (Å²) in [5, 5.41) is 3.90. The highest BCUT2D eigenvalue weighted by Crippen LogP contribution is 2.15. The maximum absolute atomic E-state index is 13.6. The number of nitrogens with zero attached hydrogens (tertiary/aromatic N) is 1. The minimum absolute atomic E-state index is 0.136. The highest BCUT2D eigenvalue weighted by atomic mass is 79.9. The second-order valence-electron chi connectivity index (χ2n) is 5.65. The molecule has 28 heavy (non-hydrogen) atoms. The third kappa shape index (κ3) is 5.11. The van der Waals surface area contributed by atoms with Crippen LogP contribution < -0.4 is 10.2 Å². The van der Waals surface area contributed by atoms with Gasteiger partial charge in [-0.15, -0.1) is 0 Å². The zero-order valence-electron chi connectivity index (χ0n) is 14.4. The molecular weight excluding hydrogens is 427 g/mol.